The second-order valence-electron chi connectivity index (χ2n) is 3.92. The standard InChI is InChI=1S/C12H18FN3O/c1-9(10-4-6-11(13)7-5-10)15-8-2-3-12(14)16-17/h4-7,9,15,17H,2-3,8H2,1H3,(H2,14,16). The molecule has 1 unspecified atom stereocenters. The summed E-state index contributed by atoms with van der Waals surface area (Å²) in [5, 5.41) is 14.5. The number of nitrogens with two attached hydrogens (primary N) is 1. The van der Waals surface area contributed by atoms with E-state index in [0.717, 1.165) is 18.5 Å². The number of hydrogen-bond acceptors (Lipinski definition) is 3. The minimum absolute atomic E-state index is 0.155. The lowest BCUT2D eigenvalue weighted by Gasteiger charge is -2.13. The number of hydrogen-bond donors (Lipinski definition) is 3. The minimum Gasteiger partial charge on any atom is -0.409 e. The molecule has 1 rings (SSSR count). The Balaban J connectivity index is 2.30. The Morgan fingerprint density at radius 2 is 2.12 bits per heavy atom. The van der Waals surface area contributed by atoms with E-state index in [9.17, 15) is 4.39 Å². The first-order valence-corrected chi connectivity index (χ1v) is 5.58. The number of nitrogens with zero attached hydrogens (tertiary/aromatic N) is 1. The highest BCUT2D eigenvalue weighted by molar-refractivity contribution is 5.79. The zero-order valence-electron chi connectivity index (χ0n) is 9.86. The maximum Gasteiger partial charge on any atom is 0.139 e. The van der Waals surface area contributed by atoms with E-state index in [1.54, 1.807) is 12.1 Å². The van der Waals surface area contributed by atoms with Crippen molar-refractivity contribution in [2.24, 2.45) is 10.9 Å². The number of halogens is 1. The largest absolute Gasteiger partial charge is 0.409 e. The highest BCUT2D eigenvalue weighted by atomic mass is 19.1. The third-order valence-corrected chi connectivity index (χ3v) is 2.56. The summed E-state index contributed by atoms with van der Waals surface area (Å²) in [7, 11) is 0. The van der Waals surface area contributed by atoms with Crippen LogP contribution in [-0.4, -0.2) is 17.6 Å². The molecule has 0 fully saturated rings. The molecular formula is C12H18FN3O. The van der Waals surface area contributed by atoms with Crippen LogP contribution in [-0.2, 0) is 0 Å². The number of benzene rings is 1. The second kappa shape index (κ2) is 6.85. The first kappa shape index (κ1) is 13.4. The van der Waals surface area contributed by atoms with Crippen LogP contribution in [0.1, 0.15) is 31.4 Å². The van der Waals surface area contributed by atoms with E-state index in [-0.39, 0.29) is 17.7 Å². The number of amidine groups is 1. The van der Waals surface area contributed by atoms with Crippen molar-refractivity contribution in [1.82, 2.24) is 5.32 Å². The monoisotopic (exact) mass is 239 g/mol. The lowest BCUT2D eigenvalue weighted by Crippen LogP contribution is -2.21. The molecule has 1 atom stereocenters. The lowest BCUT2D eigenvalue weighted by atomic mass is 10.1. The summed E-state index contributed by atoms with van der Waals surface area (Å²) in [6.07, 6.45) is 1.35. The molecular weight excluding hydrogens is 221 g/mol. The van der Waals surface area contributed by atoms with E-state index in [4.69, 9.17) is 10.9 Å². The fraction of sp³-hybridized carbons (Fsp3) is 0.417. The van der Waals surface area contributed by atoms with Crippen LogP contribution in [0.4, 0.5) is 4.39 Å². The van der Waals surface area contributed by atoms with E-state index in [2.05, 4.69) is 10.5 Å². The Labute approximate surface area is 100 Å². The van der Waals surface area contributed by atoms with E-state index in [0.29, 0.717) is 6.42 Å². The van der Waals surface area contributed by atoms with Gasteiger partial charge in [-0.15, -0.1) is 0 Å². The van der Waals surface area contributed by atoms with Gasteiger partial charge in [0.25, 0.3) is 0 Å². The third-order valence-electron chi connectivity index (χ3n) is 2.56. The van der Waals surface area contributed by atoms with Crippen molar-refractivity contribution in [1.29, 1.82) is 0 Å². The highest BCUT2D eigenvalue weighted by Crippen LogP contribution is 2.12. The van der Waals surface area contributed by atoms with Gasteiger partial charge in [-0.3, -0.25) is 0 Å². The molecule has 0 amide bonds. The average Bonchev–Trinajstić information content (AvgIpc) is 2.34. The zero-order chi connectivity index (χ0) is 12.7. The fourth-order valence-corrected chi connectivity index (χ4v) is 1.51. The average molecular weight is 239 g/mol. The van der Waals surface area contributed by atoms with Crippen LogP contribution in [0.25, 0.3) is 0 Å². The van der Waals surface area contributed by atoms with E-state index < -0.39 is 0 Å². The number of nitrogens with one attached hydrogen (secondary N) is 1. The molecule has 0 aromatic heterocycles. The van der Waals surface area contributed by atoms with Crippen LogP contribution >= 0.6 is 0 Å². The SMILES string of the molecule is CC(NCCCC(N)=NO)c1ccc(F)cc1. The molecule has 17 heavy (non-hydrogen) atoms. The summed E-state index contributed by atoms with van der Waals surface area (Å²) < 4.78 is 12.7. The Morgan fingerprint density at radius 1 is 1.47 bits per heavy atom. The van der Waals surface area contributed by atoms with E-state index in [1.165, 1.54) is 12.1 Å². The van der Waals surface area contributed by atoms with Gasteiger partial charge in [0.1, 0.15) is 11.7 Å². The Kier molecular flexibility index (Phi) is 5.42. The van der Waals surface area contributed by atoms with Gasteiger partial charge in [0, 0.05) is 12.5 Å². The second-order valence-corrected chi connectivity index (χ2v) is 3.92. The van der Waals surface area contributed by atoms with Crippen LogP contribution in [0.15, 0.2) is 29.4 Å². The molecule has 94 valence electrons. The number of rotatable bonds is 6. The summed E-state index contributed by atoms with van der Waals surface area (Å²) in [5.74, 6) is 0.00844. The van der Waals surface area contributed by atoms with E-state index >= 15 is 0 Å². The lowest BCUT2D eigenvalue weighted by molar-refractivity contribution is 0.316. The maximum absolute atomic E-state index is 12.7. The van der Waals surface area contributed by atoms with Gasteiger partial charge in [-0.05, 0) is 37.6 Å². The van der Waals surface area contributed by atoms with Gasteiger partial charge in [-0.1, -0.05) is 17.3 Å². The van der Waals surface area contributed by atoms with E-state index in [1.807, 2.05) is 6.92 Å². The quantitative estimate of drug-likeness (QED) is 0.234. The molecule has 1 aromatic rings. The van der Waals surface area contributed by atoms with Crippen molar-refractivity contribution >= 4 is 5.84 Å². The van der Waals surface area contributed by atoms with Crippen molar-refractivity contribution in [3.63, 3.8) is 0 Å². The molecule has 0 aliphatic carbocycles. The molecule has 0 aliphatic heterocycles. The summed E-state index contributed by atoms with van der Waals surface area (Å²) in [6, 6.07) is 6.57. The van der Waals surface area contributed by atoms with Crippen molar-refractivity contribution < 1.29 is 9.60 Å². The zero-order valence-corrected chi connectivity index (χ0v) is 9.86. The summed E-state index contributed by atoms with van der Waals surface area (Å²) in [5.41, 5.74) is 6.39. The Bertz CT molecular complexity index is 365. The predicted octanol–water partition coefficient (Wildman–Crippen LogP) is 2.00. The normalized spacial score (nSPS) is 13.6. The Morgan fingerprint density at radius 3 is 2.71 bits per heavy atom. The summed E-state index contributed by atoms with van der Waals surface area (Å²) >= 11 is 0. The molecule has 0 aliphatic rings. The van der Waals surface area contributed by atoms with Crippen LogP contribution in [0.5, 0.6) is 0 Å². The molecule has 0 radical (unpaired) electrons. The van der Waals surface area contributed by atoms with Crippen molar-refractivity contribution in [2.45, 2.75) is 25.8 Å². The molecule has 0 spiro atoms. The summed E-state index contributed by atoms with van der Waals surface area (Å²) in [4.78, 5) is 0. The fourth-order valence-electron chi connectivity index (χ4n) is 1.51. The van der Waals surface area contributed by atoms with Crippen LogP contribution in [0.2, 0.25) is 0 Å². The van der Waals surface area contributed by atoms with Crippen molar-refractivity contribution in [3.05, 3.63) is 35.6 Å². The van der Waals surface area contributed by atoms with Crippen LogP contribution < -0.4 is 11.1 Å². The molecule has 4 N–H and O–H groups in total. The number of oxime groups is 1. The van der Waals surface area contributed by atoms with Gasteiger partial charge in [-0.2, -0.15) is 0 Å². The molecule has 4 nitrogen and oxygen atoms in total. The molecule has 0 bridgehead atoms. The predicted molar refractivity (Wildman–Crippen MR) is 65.5 cm³/mol. The Hall–Kier alpha value is -1.62. The van der Waals surface area contributed by atoms with Gasteiger partial charge in [0.2, 0.25) is 0 Å². The first-order valence-electron chi connectivity index (χ1n) is 5.58. The van der Waals surface area contributed by atoms with Gasteiger partial charge in [0.15, 0.2) is 0 Å². The maximum atomic E-state index is 12.7. The molecule has 0 saturated heterocycles. The highest BCUT2D eigenvalue weighted by Gasteiger charge is 2.04. The first-order chi connectivity index (χ1) is 8.13. The van der Waals surface area contributed by atoms with Crippen molar-refractivity contribution in [3.8, 4) is 0 Å². The molecule has 5 heteroatoms. The van der Waals surface area contributed by atoms with Crippen LogP contribution in [0.3, 0.4) is 0 Å². The van der Waals surface area contributed by atoms with Gasteiger partial charge in [-0.25, -0.2) is 4.39 Å². The molecule has 1 aromatic carbocycles. The smallest absolute Gasteiger partial charge is 0.139 e. The van der Waals surface area contributed by atoms with Crippen molar-refractivity contribution in [2.75, 3.05) is 6.54 Å². The van der Waals surface area contributed by atoms with Gasteiger partial charge >= 0.3 is 0 Å². The van der Waals surface area contributed by atoms with Gasteiger partial charge < -0.3 is 16.3 Å². The van der Waals surface area contributed by atoms with Crippen LogP contribution in [0, 0.1) is 5.82 Å². The van der Waals surface area contributed by atoms with Gasteiger partial charge in [0.05, 0.1) is 0 Å². The molecule has 0 saturated carbocycles. The topological polar surface area (TPSA) is 70.6 Å². The summed E-state index contributed by atoms with van der Waals surface area (Å²) in [6.45, 7) is 2.77. The third kappa shape index (κ3) is 4.82. The molecule has 0 heterocycles. The minimum atomic E-state index is -0.229.